The number of carbonyl (C=O) groups excluding carboxylic acids is 3. The van der Waals surface area contributed by atoms with Gasteiger partial charge in [-0.1, -0.05) is 23.7 Å². The van der Waals surface area contributed by atoms with Crippen molar-refractivity contribution in [3.8, 4) is 0 Å². The lowest BCUT2D eigenvalue weighted by molar-refractivity contribution is -0.151. The normalized spacial score (nSPS) is 16.1. The number of ether oxygens (including phenoxy) is 1. The van der Waals surface area contributed by atoms with Crippen LogP contribution in [-0.4, -0.2) is 37.2 Å². The molecule has 0 bridgehead atoms. The maximum Gasteiger partial charge on any atom is 0.311 e. The van der Waals surface area contributed by atoms with Gasteiger partial charge in [0.2, 0.25) is 5.91 Å². The molecule has 3 rings (SSSR count). The van der Waals surface area contributed by atoms with Crippen molar-refractivity contribution < 1.29 is 19.1 Å². The smallest absolute Gasteiger partial charge is 0.311 e. The average Bonchev–Trinajstić information content (AvgIpc) is 3.08. The number of benzene rings is 2. The van der Waals surface area contributed by atoms with Crippen LogP contribution >= 0.6 is 23.4 Å². The van der Waals surface area contributed by atoms with Gasteiger partial charge in [-0.05, 0) is 42.7 Å². The quantitative estimate of drug-likeness (QED) is 0.573. The molecule has 1 aliphatic rings. The number of nitrogens with one attached hydrogen (secondary N) is 1. The molecule has 2 aromatic carbocycles. The van der Waals surface area contributed by atoms with E-state index in [0.29, 0.717) is 10.7 Å². The number of anilines is 2. The highest BCUT2D eigenvalue weighted by Gasteiger charge is 2.36. The number of thioether (sulfide) groups is 1. The van der Waals surface area contributed by atoms with E-state index in [1.54, 1.807) is 40.9 Å². The van der Waals surface area contributed by atoms with Gasteiger partial charge >= 0.3 is 5.97 Å². The maximum absolute atomic E-state index is 12.3. The first-order valence-electron chi connectivity index (χ1n) is 8.62. The zero-order valence-corrected chi connectivity index (χ0v) is 16.8. The van der Waals surface area contributed by atoms with Crippen LogP contribution in [0.1, 0.15) is 6.42 Å². The second-order valence-corrected chi connectivity index (χ2v) is 7.59. The monoisotopic (exact) mass is 418 g/mol. The molecule has 0 unspecified atom stereocenters. The van der Waals surface area contributed by atoms with E-state index < -0.39 is 24.4 Å². The Kier molecular flexibility index (Phi) is 6.59. The lowest BCUT2D eigenvalue weighted by Crippen LogP contribution is -2.28. The van der Waals surface area contributed by atoms with Crippen LogP contribution in [0.2, 0.25) is 5.02 Å². The molecule has 0 aromatic heterocycles. The van der Waals surface area contributed by atoms with Crippen molar-refractivity contribution in [2.75, 3.05) is 29.6 Å². The minimum Gasteiger partial charge on any atom is -0.455 e. The third kappa shape index (κ3) is 5.05. The zero-order valence-electron chi connectivity index (χ0n) is 15.2. The molecule has 0 aliphatic carbocycles. The molecule has 1 N–H and O–H groups in total. The highest BCUT2D eigenvalue weighted by molar-refractivity contribution is 7.98. The molecule has 28 heavy (non-hydrogen) atoms. The lowest BCUT2D eigenvalue weighted by Gasteiger charge is -2.17. The fraction of sp³-hybridized carbons (Fsp3) is 0.250. The van der Waals surface area contributed by atoms with Crippen molar-refractivity contribution in [2.24, 2.45) is 5.92 Å². The number of carbonyl (C=O) groups is 3. The third-order valence-electron chi connectivity index (χ3n) is 4.28. The average molecular weight is 419 g/mol. The number of halogens is 1. The van der Waals surface area contributed by atoms with Gasteiger partial charge in [-0.3, -0.25) is 14.4 Å². The van der Waals surface area contributed by atoms with Crippen LogP contribution in [0.25, 0.3) is 0 Å². The standard InChI is InChI=1S/C20H19ClN2O4S/c1-28-17-7-3-6-16(10-17)23-11-13(8-19(23)25)20(26)27-12-18(24)22-15-5-2-4-14(21)9-15/h2-7,9-10,13H,8,11-12H2,1H3,(H,22,24)/t13-/m1/s1. The first kappa shape index (κ1) is 20.2. The fourth-order valence-corrected chi connectivity index (χ4v) is 3.55. The van der Waals surface area contributed by atoms with Gasteiger partial charge in [0.05, 0.1) is 5.92 Å². The number of nitrogens with zero attached hydrogens (tertiary/aromatic N) is 1. The SMILES string of the molecule is CSc1cccc(N2C[C@H](C(=O)OCC(=O)Nc3cccc(Cl)c3)CC2=O)c1. The van der Waals surface area contributed by atoms with E-state index in [1.165, 1.54) is 0 Å². The number of amides is 2. The molecular formula is C20H19ClN2O4S. The number of rotatable bonds is 6. The molecule has 1 saturated heterocycles. The van der Waals surface area contributed by atoms with Gasteiger partial charge < -0.3 is 15.0 Å². The summed E-state index contributed by atoms with van der Waals surface area (Å²) < 4.78 is 5.10. The maximum atomic E-state index is 12.3. The third-order valence-corrected chi connectivity index (χ3v) is 5.24. The van der Waals surface area contributed by atoms with Crippen LogP contribution in [0, 0.1) is 5.92 Å². The number of hydrogen-bond donors (Lipinski definition) is 1. The Morgan fingerprint density at radius 2 is 2.04 bits per heavy atom. The molecule has 6 nitrogen and oxygen atoms in total. The summed E-state index contributed by atoms with van der Waals surface area (Å²) in [6.07, 6.45) is 2.03. The molecule has 0 spiro atoms. The first-order valence-corrected chi connectivity index (χ1v) is 10.2. The highest BCUT2D eigenvalue weighted by Crippen LogP contribution is 2.28. The van der Waals surface area contributed by atoms with Crippen molar-refractivity contribution in [2.45, 2.75) is 11.3 Å². The van der Waals surface area contributed by atoms with E-state index in [1.807, 2.05) is 30.5 Å². The minimum atomic E-state index is -0.593. The van der Waals surface area contributed by atoms with Gasteiger partial charge in [0.15, 0.2) is 6.61 Å². The second-order valence-electron chi connectivity index (χ2n) is 6.27. The van der Waals surface area contributed by atoms with Gasteiger partial charge in [-0.25, -0.2) is 0 Å². The summed E-state index contributed by atoms with van der Waals surface area (Å²) in [7, 11) is 0. The summed E-state index contributed by atoms with van der Waals surface area (Å²) in [4.78, 5) is 39.2. The molecule has 0 saturated carbocycles. The van der Waals surface area contributed by atoms with Crippen molar-refractivity contribution in [3.63, 3.8) is 0 Å². The van der Waals surface area contributed by atoms with E-state index in [2.05, 4.69) is 5.32 Å². The van der Waals surface area contributed by atoms with E-state index >= 15 is 0 Å². The Morgan fingerprint density at radius 3 is 2.79 bits per heavy atom. The van der Waals surface area contributed by atoms with Crippen LogP contribution in [-0.2, 0) is 19.1 Å². The molecule has 2 aromatic rings. The Hall–Kier alpha value is -2.51. The van der Waals surface area contributed by atoms with E-state index in [9.17, 15) is 14.4 Å². The first-order chi connectivity index (χ1) is 13.5. The van der Waals surface area contributed by atoms with Crippen LogP contribution in [0.5, 0.6) is 0 Å². The Bertz CT molecular complexity index is 905. The van der Waals surface area contributed by atoms with Crippen molar-refractivity contribution in [1.82, 2.24) is 0 Å². The van der Waals surface area contributed by atoms with Crippen molar-refractivity contribution >= 4 is 52.5 Å². The molecule has 1 atom stereocenters. The Morgan fingerprint density at radius 1 is 1.25 bits per heavy atom. The summed E-state index contributed by atoms with van der Waals surface area (Å²) in [5.74, 6) is -1.75. The van der Waals surface area contributed by atoms with Crippen LogP contribution in [0.3, 0.4) is 0 Å². The molecule has 8 heteroatoms. The van der Waals surface area contributed by atoms with E-state index in [-0.39, 0.29) is 18.9 Å². The minimum absolute atomic E-state index is 0.0677. The summed E-state index contributed by atoms with van der Waals surface area (Å²) in [5.41, 5.74) is 1.27. The van der Waals surface area contributed by atoms with Crippen LogP contribution in [0.4, 0.5) is 11.4 Å². The van der Waals surface area contributed by atoms with Crippen molar-refractivity contribution in [3.05, 3.63) is 53.6 Å². The summed E-state index contributed by atoms with van der Waals surface area (Å²) in [6, 6.07) is 14.3. The topological polar surface area (TPSA) is 75.7 Å². The largest absolute Gasteiger partial charge is 0.455 e. The molecule has 1 heterocycles. The zero-order chi connectivity index (χ0) is 20.1. The molecule has 0 radical (unpaired) electrons. The predicted molar refractivity (Wildman–Crippen MR) is 110 cm³/mol. The molecular weight excluding hydrogens is 400 g/mol. The predicted octanol–water partition coefficient (Wildman–Crippen LogP) is 3.60. The summed E-state index contributed by atoms with van der Waals surface area (Å²) in [6.45, 7) is -0.177. The van der Waals surface area contributed by atoms with Gasteiger partial charge in [0.25, 0.3) is 5.91 Å². The Balaban J connectivity index is 1.53. The van der Waals surface area contributed by atoms with Gasteiger partial charge in [0.1, 0.15) is 0 Å². The van der Waals surface area contributed by atoms with Crippen LogP contribution in [0.15, 0.2) is 53.4 Å². The fourth-order valence-electron chi connectivity index (χ4n) is 2.91. The molecule has 146 valence electrons. The van der Waals surface area contributed by atoms with Gasteiger partial charge in [-0.2, -0.15) is 0 Å². The van der Waals surface area contributed by atoms with Gasteiger partial charge in [0, 0.05) is 34.3 Å². The van der Waals surface area contributed by atoms with Gasteiger partial charge in [-0.15, -0.1) is 11.8 Å². The second kappa shape index (κ2) is 9.12. The summed E-state index contributed by atoms with van der Waals surface area (Å²) >= 11 is 7.44. The number of hydrogen-bond acceptors (Lipinski definition) is 5. The Labute approximate surface area is 172 Å². The number of esters is 1. The summed E-state index contributed by atoms with van der Waals surface area (Å²) in [5, 5.41) is 3.10. The lowest BCUT2D eigenvalue weighted by atomic mass is 10.1. The van der Waals surface area contributed by atoms with E-state index in [4.69, 9.17) is 16.3 Å². The molecule has 2 amide bonds. The van der Waals surface area contributed by atoms with Crippen molar-refractivity contribution in [1.29, 1.82) is 0 Å². The highest BCUT2D eigenvalue weighted by atomic mass is 35.5. The van der Waals surface area contributed by atoms with E-state index in [0.717, 1.165) is 10.6 Å². The molecule has 1 fully saturated rings. The molecule has 1 aliphatic heterocycles. The van der Waals surface area contributed by atoms with Crippen LogP contribution < -0.4 is 10.2 Å².